The summed E-state index contributed by atoms with van der Waals surface area (Å²) in [4.78, 5) is 35.1. The Hall–Kier alpha value is -2.64. The summed E-state index contributed by atoms with van der Waals surface area (Å²) in [6.45, 7) is 5.64. The lowest BCUT2D eigenvalue weighted by Crippen LogP contribution is -2.36. The first-order valence-electron chi connectivity index (χ1n) is 8.20. The van der Waals surface area contributed by atoms with Gasteiger partial charge in [0.05, 0.1) is 7.11 Å². The maximum Gasteiger partial charge on any atom is 0.330 e. The number of carbonyl (C=O) groups excluding carboxylic acids is 2. The van der Waals surface area contributed by atoms with E-state index >= 15 is 0 Å². The average molecular weight is 368 g/mol. The second kappa shape index (κ2) is 9.17. The first kappa shape index (κ1) is 21.4. The van der Waals surface area contributed by atoms with Crippen LogP contribution >= 0.6 is 0 Å². The molecule has 3 N–H and O–H groups in total. The Balaban J connectivity index is 2.60. The Morgan fingerprint density at radius 2 is 1.92 bits per heavy atom. The SMILES string of the molecule is COc1ccc(C(NC(=O)CCCNC(=O)C(C)(C)C)C(=O)O)cc1F. The third-order valence-corrected chi connectivity index (χ3v) is 3.61. The summed E-state index contributed by atoms with van der Waals surface area (Å²) in [6, 6.07) is 2.33. The maximum absolute atomic E-state index is 13.8. The molecule has 0 bridgehead atoms. The standard InChI is InChI=1S/C18H25FN2O5/c1-18(2,3)17(25)20-9-5-6-14(22)21-15(16(23)24)11-7-8-13(26-4)12(19)10-11/h7-8,10,15H,5-6,9H2,1-4H3,(H,20,25)(H,21,22)(H,23,24). The number of carboxylic acid groups (broad SMARTS) is 1. The van der Waals surface area contributed by atoms with E-state index in [0.29, 0.717) is 13.0 Å². The summed E-state index contributed by atoms with van der Waals surface area (Å²) in [6.07, 6.45) is 0.393. The minimum atomic E-state index is -1.37. The third-order valence-electron chi connectivity index (χ3n) is 3.61. The van der Waals surface area contributed by atoms with E-state index in [4.69, 9.17) is 4.74 Å². The van der Waals surface area contributed by atoms with E-state index in [1.54, 1.807) is 20.8 Å². The molecule has 0 aromatic heterocycles. The fourth-order valence-electron chi connectivity index (χ4n) is 2.10. The molecule has 8 heteroatoms. The van der Waals surface area contributed by atoms with Gasteiger partial charge < -0.3 is 20.5 Å². The zero-order valence-electron chi connectivity index (χ0n) is 15.4. The number of hydrogen-bond donors (Lipinski definition) is 3. The second-order valence-corrected chi connectivity index (χ2v) is 6.84. The van der Waals surface area contributed by atoms with E-state index in [9.17, 15) is 23.9 Å². The molecule has 0 radical (unpaired) electrons. The molecular formula is C18H25FN2O5. The molecule has 0 aliphatic carbocycles. The number of methoxy groups -OCH3 is 1. The zero-order valence-corrected chi connectivity index (χ0v) is 15.4. The van der Waals surface area contributed by atoms with Gasteiger partial charge in [-0.25, -0.2) is 9.18 Å². The first-order chi connectivity index (χ1) is 12.1. The molecule has 2 amide bonds. The predicted octanol–water partition coefficient (Wildman–Crippen LogP) is 2.02. The van der Waals surface area contributed by atoms with Crippen molar-refractivity contribution >= 4 is 17.8 Å². The Bertz CT molecular complexity index is 670. The van der Waals surface area contributed by atoms with Crippen molar-refractivity contribution in [3.8, 4) is 5.75 Å². The van der Waals surface area contributed by atoms with Crippen molar-refractivity contribution in [1.29, 1.82) is 0 Å². The Morgan fingerprint density at radius 1 is 1.27 bits per heavy atom. The molecule has 0 aliphatic rings. The van der Waals surface area contributed by atoms with Gasteiger partial charge in [-0.05, 0) is 24.1 Å². The number of halogens is 1. The van der Waals surface area contributed by atoms with Gasteiger partial charge in [-0.1, -0.05) is 26.8 Å². The van der Waals surface area contributed by atoms with Gasteiger partial charge >= 0.3 is 5.97 Å². The van der Waals surface area contributed by atoms with E-state index in [1.807, 2.05) is 0 Å². The molecule has 1 atom stereocenters. The lowest BCUT2D eigenvalue weighted by molar-refractivity contribution is -0.142. The zero-order chi connectivity index (χ0) is 19.9. The van der Waals surface area contributed by atoms with Gasteiger partial charge in [0.15, 0.2) is 17.6 Å². The van der Waals surface area contributed by atoms with Gasteiger partial charge in [-0.3, -0.25) is 9.59 Å². The minimum Gasteiger partial charge on any atom is -0.494 e. The van der Waals surface area contributed by atoms with Crippen LogP contribution in [0.4, 0.5) is 4.39 Å². The summed E-state index contributed by atoms with van der Waals surface area (Å²) in [5.74, 6) is -2.66. The molecule has 0 fully saturated rings. The van der Waals surface area contributed by atoms with Crippen LogP contribution in [-0.2, 0) is 14.4 Å². The highest BCUT2D eigenvalue weighted by molar-refractivity contribution is 5.84. The van der Waals surface area contributed by atoms with Gasteiger partial charge in [0, 0.05) is 18.4 Å². The van der Waals surface area contributed by atoms with Crippen LogP contribution in [0.5, 0.6) is 5.75 Å². The van der Waals surface area contributed by atoms with Gasteiger partial charge in [-0.15, -0.1) is 0 Å². The highest BCUT2D eigenvalue weighted by atomic mass is 19.1. The fraction of sp³-hybridized carbons (Fsp3) is 0.500. The van der Waals surface area contributed by atoms with Crippen LogP contribution in [0.2, 0.25) is 0 Å². The number of hydrogen-bond acceptors (Lipinski definition) is 4. The van der Waals surface area contributed by atoms with E-state index in [-0.39, 0.29) is 23.6 Å². The molecule has 26 heavy (non-hydrogen) atoms. The van der Waals surface area contributed by atoms with E-state index in [0.717, 1.165) is 6.07 Å². The van der Waals surface area contributed by atoms with Crippen molar-refractivity contribution < 1.29 is 28.6 Å². The predicted molar refractivity (Wildman–Crippen MR) is 93.2 cm³/mol. The lowest BCUT2D eigenvalue weighted by Gasteiger charge is -2.18. The quantitative estimate of drug-likeness (QED) is 0.609. The van der Waals surface area contributed by atoms with Crippen LogP contribution in [-0.4, -0.2) is 36.5 Å². The molecule has 1 rings (SSSR count). The number of amides is 2. The van der Waals surface area contributed by atoms with Crippen molar-refractivity contribution in [2.75, 3.05) is 13.7 Å². The number of rotatable bonds is 8. The highest BCUT2D eigenvalue weighted by Crippen LogP contribution is 2.22. The van der Waals surface area contributed by atoms with E-state index in [1.165, 1.54) is 19.2 Å². The molecule has 1 aromatic rings. The van der Waals surface area contributed by atoms with Gasteiger partial charge in [-0.2, -0.15) is 0 Å². The normalized spacial score (nSPS) is 12.2. The molecule has 0 heterocycles. The van der Waals surface area contributed by atoms with Crippen LogP contribution in [0.3, 0.4) is 0 Å². The van der Waals surface area contributed by atoms with Gasteiger partial charge in [0.1, 0.15) is 0 Å². The third kappa shape index (κ3) is 6.34. The van der Waals surface area contributed by atoms with Crippen molar-refractivity contribution in [1.82, 2.24) is 10.6 Å². The number of nitrogens with one attached hydrogen (secondary N) is 2. The van der Waals surface area contributed by atoms with Crippen molar-refractivity contribution in [2.24, 2.45) is 5.41 Å². The Morgan fingerprint density at radius 3 is 2.42 bits per heavy atom. The number of ether oxygens (including phenoxy) is 1. The molecule has 1 aromatic carbocycles. The van der Waals surface area contributed by atoms with Crippen LogP contribution in [0.15, 0.2) is 18.2 Å². The van der Waals surface area contributed by atoms with Crippen LogP contribution in [0.1, 0.15) is 45.2 Å². The van der Waals surface area contributed by atoms with E-state index in [2.05, 4.69) is 10.6 Å². The molecule has 144 valence electrons. The van der Waals surface area contributed by atoms with Gasteiger partial charge in [0.25, 0.3) is 0 Å². The highest BCUT2D eigenvalue weighted by Gasteiger charge is 2.24. The summed E-state index contributed by atoms with van der Waals surface area (Å²) < 4.78 is 18.5. The number of benzene rings is 1. The van der Waals surface area contributed by atoms with Crippen LogP contribution < -0.4 is 15.4 Å². The summed E-state index contributed by atoms with van der Waals surface area (Å²) >= 11 is 0. The molecular weight excluding hydrogens is 343 g/mol. The monoisotopic (exact) mass is 368 g/mol. The van der Waals surface area contributed by atoms with Crippen molar-refractivity contribution in [3.63, 3.8) is 0 Å². The number of carboxylic acids is 1. The minimum absolute atomic E-state index is 0.0150. The van der Waals surface area contributed by atoms with Crippen LogP contribution in [0.25, 0.3) is 0 Å². The molecule has 0 aliphatic heterocycles. The Kier molecular flexibility index (Phi) is 7.55. The van der Waals surface area contributed by atoms with Crippen molar-refractivity contribution in [2.45, 2.75) is 39.7 Å². The number of carbonyl (C=O) groups is 3. The fourth-order valence-corrected chi connectivity index (χ4v) is 2.10. The summed E-state index contributed by atoms with van der Waals surface area (Å²) in [5.41, 5.74) is -0.417. The Labute approximate surface area is 151 Å². The molecule has 1 unspecified atom stereocenters. The van der Waals surface area contributed by atoms with E-state index < -0.39 is 29.2 Å². The number of aliphatic carboxylic acids is 1. The maximum atomic E-state index is 13.8. The lowest BCUT2D eigenvalue weighted by atomic mass is 9.96. The first-order valence-corrected chi connectivity index (χ1v) is 8.20. The molecule has 0 spiro atoms. The van der Waals surface area contributed by atoms with Gasteiger partial charge in [0.2, 0.25) is 11.8 Å². The summed E-state index contributed by atoms with van der Waals surface area (Å²) in [7, 11) is 1.30. The molecule has 0 saturated carbocycles. The summed E-state index contributed by atoms with van der Waals surface area (Å²) in [5, 5.41) is 14.4. The van der Waals surface area contributed by atoms with Crippen LogP contribution in [0, 0.1) is 11.2 Å². The second-order valence-electron chi connectivity index (χ2n) is 6.84. The van der Waals surface area contributed by atoms with Crippen molar-refractivity contribution in [3.05, 3.63) is 29.6 Å². The molecule has 7 nitrogen and oxygen atoms in total. The topological polar surface area (TPSA) is 105 Å². The average Bonchev–Trinajstić information content (AvgIpc) is 2.55. The smallest absolute Gasteiger partial charge is 0.330 e. The molecule has 0 saturated heterocycles. The largest absolute Gasteiger partial charge is 0.494 e.